The molecule has 0 aromatic carbocycles. The van der Waals surface area contributed by atoms with Crippen LogP contribution in [0.3, 0.4) is 0 Å². The maximum absolute atomic E-state index is 11.9. The summed E-state index contributed by atoms with van der Waals surface area (Å²) >= 11 is 0. The largest absolute Gasteiger partial charge is 0.487 e. The van der Waals surface area contributed by atoms with Crippen LogP contribution in [0, 0.1) is 0 Å². The maximum atomic E-state index is 11.9. The van der Waals surface area contributed by atoms with Crippen molar-refractivity contribution in [2.24, 2.45) is 0 Å². The highest BCUT2D eigenvalue weighted by Gasteiger charge is 2.40. The number of aliphatic hydroxyl groups is 1. The molecule has 6 heteroatoms. The number of carbonyl (C=O) groups is 1. The number of likely N-dealkylation sites (tertiary alicyclic amines) is 1. The molecule has 1 heterocycles. The predicted molar refractivity (Wildman–Crippen MR) is 72.8 cm³/mol. The Kier molecular flexibility index (Phi) is 5.20. The molecule has 6 nitrogen and oxygen atoms in total. The third kappa shape index (κ3) is 4.87. The second-order valence-electron chi connectivity index (χ2n) is 6.01. The van der Waals surface area contributed by atoms with Gasteiger partial charge < -0.3 is 19.5 Å². The molecular weight excluding hydrogens is 262 g/mol. The molecule has 1 saturated heterocycles. The maximum Gasteiger partial charge on any atom is 0.410 e. The summed E-state index contributed by atoms with van der Waals surface area (Å²) in [6, 6.07) is 0. The summed E-state index contributed by atoms with van der Waals surface area (Å²) in [5, 5.41) is 10.4. The third-order valence-electron chi connectivity index (χ3n) is 2.91. The molecule has 0 aliphatic carbocycles. The summed E-state index contributed by atoms with van der Waals surface area (Å²) < 4.78 is 10.3. The van der Waals surface area contributed by atoms with E-state index in [1.807, 2.05) is 0 Å². The van der Waals surface area contributed by atoms with E-state index in [4.69, 9.17) is 9.47 Å². The number of ether oxygens (including phenoxy) is 2. The molecule has 1 fully saturated rings. The van der Waals surface area contributed by atoms with Crippen molar-refractivity contribution in [2.45, 2.75) is 51.7 Å². The fourth-order valence-corrected chi connectivity index (χ4v) is 2.07. The van der Waals surface area contributed by atoms with Crippen LogP contribution in [-0.2, 0) is 14.3 Å². The Morgan fingerprint density at radius 2 is 2.10 bits per heavy atom. The molecule has 1 atom stereocenters. The minimum absolute atomic E-state index is 0.0592. The van der Waals surface area contributed by atoms with Gasteiger partial charge in [-0.05, 0) is 34.1 Å². The van der Waals surface area contributed by atoms with E-state index in [9.17, 15) is 14.7 Å². The first-order valence-electron chi connectivity index (χ1n) is 6.76. The van der Waals surface area contributed by atoms with Crippen molar-refractivity contribution >= 4 is 12.0 Å². The molecule has 0 bridgehead atoms. The average Bonchev–Trinajstić information content (AvgIpc) is 2.69. The van der Waals surface area contributed by atoms with Crippen LogP contribution >= 0.6 is 0 Å². The van der Waals surface area contributed by atoms with Crippen molar-refractivity contribution in [3.8, 4) is 0 Å². The van der Waals surface area contributed by atoms with Gasteiger partial charge in [-0.25, -0.2) is 9.59 Å². The first-order valence-corrected chi connectivity index (χ1v) is 6.76. The molecule has 1 N–H and O–H groups in total. The number of β-amino-alcohol motifs (C(OH)–C–C–N with tert-alkyl or cyclic N) is 1. The molecule has 114 valence electrons. The number of hydrogen-bond acceptors (Lipinski definition) is 5. The van der Waals surface area contributed by atoms with E-state index in [2.05, 4.69) is 0 Å². The number of hydrogen-bond donors (Lipinski definition) is 1. The Morgan fingerprint density at radius 3 is 2.60 bits per heavy atom. The Labute approximate surface area is 119 Å². The van der Waals surface area contributed by atoms with Crippen molar-refractivity contribution in [3.63, 3.8) is 0 Å². The SMILES string of the molecule is CCOC(=C=O)CC1(O)CCN(C(=O)OC(C)(C)C)C1. The Balaban J connectivity index is 2.61. The topological polar surface area (TPSA) is 76.1 Å². The van der Waals surface area contributed by atoms with Crippen LogP contribution < -0.4 is 0 Å². The van der Waals surface area contributed by atoms with Gasteiger partial charge in [-0.1, -0.05) is 0 Å². The van der Waals surface area contributed by atoms with Gasteiger partial charge in [-0.2, -0.15) is 0 Å². The van der Waals surface area contributed by atoms with Crippen LogP contribution in [-0.4, -0.2) is 52.9 Å². The zero-order valence-corrected chi connectivity index (χ0v) is 12.6. The Hall–Kier alpha value is -1.52. The van der Waals surface area contributed by atoms with Gasteiger partial charge in [0.1, 0.15) is 5.60 Å². The van der Waals surface area contributed by atoms with Crippen LogP contribution in [0.5, 0.6) is 0 Å². The minimum atomic E-state index is -1.15. The van der Waals surface area contributed by atoms with Crippen molar-refractivity contribution in [1.82, 2.24) is 4.90 Å². The zero-order chi connectivity index (χ0) is 15.4. The van der Waals surface area contributed by atoms with Crippen LogP contribution in [0.25, 0.3) is 0 Å². The summed E-state index contributed by atoms with van der Waals surface area (Å²) in [6.45, 7) is 7.98. The molecular formula is C14H23NO5. The van der Waals surface area contributed by atoms with Crippen LogP contribution in [0.1, 0.15) is 40.5 Å². The van der Waals surface area contributed by atoms with Gasteiger partial charge in [0.15, 0.2) is 11.7 Å². The van der Waals surface area contributed by atoms with Crippen LogP contribution in [0.15, 0.2) is 5.76 Å². The van der Waals surface area contributed by atoms with Gasteiger partial charge in [0, 0.05) is 13.0 Å². The highest BCUT2D eigenvalue weighted by atomic mass is 16.6. The number of carbonyl (C=O) groups excluding carboxylic acids is 2. The molecule has 1 amide bonds. The first-order chi connectivity index (χ1) is 9.19. The molecule has 1 aliphatic rings. The quantitative estimate of drug-likeness (QED) is 0.626. The predicted octanol–water partition coefficient (Wildman–Crippen LogP) is 1.50. The lowest BCUT2D eigenvalue weighted by atomic mass is 9.98. The number of amides is 1. The summed E-state index contributed by atoms with van der Waals surface area (Å²) in [4.78, 5) is 24.1. The second-order valence-corrected chi connectivity index (χ2v) is 6.01. The van der Waals surface area contributed by atoms with Crippen molar-refractivity contribution in [3.05, 3.63) is 5.76 Å². The Bertz CT molecular complexity index is 408. The highest BCUT2D eigenvalue weighted by Crippen LogP contribution is 2.28. The molecule has 1 unspecified atom stereocenters. The molecule has 0 saturated carbocycles. The first kappa shape index (κ1) is 16.5. The lowest BCUT2D eigenvalue weighted by molar-refractivity contribution is 0.0105. The van der Waals surface area contributed by atoms with E-state index in [1.54, 1.807) is 33.6 Å². The summed E-state index contributed by atoms with van der Waals surface area (Å²) in [7, 11) is 0. The molecule has 0 aromatic heterocycles. The van der Waals surface area contributed by atoms with E-state index < -0.39 is 17.3 Å². The molecule has 1 rings (SSSR count). The summed E-state index contributed by atoms with van der Waals surface area (Å²) in [5.74, 6) is 1.77. The third-order valence-corrected chi connectivity index (χ3v) is 2.91. The van der Waals surface area contributed by atoms with Crippen LogP contribution in [0.2, 0.25) is 0 Å². The molecule has 0 aromatic rings. The molecule has 20 heavy (non-hydrogen) atoms. The van der Waals surface area contributed by atoms with Crippen molar-refractivity contribution in [1.29, 1.82) is 0 Å². The summed E-state index contributed by atoms with van der Waals surface area (Å²) in [6.07, 6.45) is -0.0183. The van der Waals surface area contributed by atoms with Gasteiger partial charge >= 0.3 is 6.09 Å². The van der Waals surface area contributed by atoms with E-state index in [1.165, 1.54) is 4.90 Å². The van der Waals surface area contributed by atoms with Gasteiger partial charge in [0.05, 0.1) is 18.8 Å². The fourth-order valence-electron chi connectivity index (χ4n) is 2.07. The monoisotopic (exact) mass is 285 g/mol. The van der Waals surface area contributed by atoms with E-state index in [0.717, 1.165) is 0 Å². The van der Waals surface area contributed by atoms with Crippen molar-refractivity contribution < 1.29 is 24.2 Å². The van der Waals surface area contributed by atoms with Gasteiger partial charge in [-0.15, -0.1) is 0 Å². The van der Waals surface area contributed by atoms with E-state index in [0.29, 0.717) is 19.6 Å². The van der Waals surface area contributed by atoms with Crippen molar-refractivity contribution in [2.75, 3.05) is 19.7 Å². The lowest BCUT2D eigenvalue weighted by Crippen LogP contribution is -2.39. The highest BCUT2D eigenvalue weighted by molar-refractivity contribution is 5.68. The molecule has 0 spiro atoms. The standard InChI is InChI=1S/C14H23NO5/c1-5-19-11(9-16)8-14(18)6-7-15(10-14)12(17)20-13(2,3)4/h18H,5-8,10H2,1-4H3. The molecule has 0 radical (unpaired) electrons. The zero-order valence-electron chi connectivity index (χ0n) is 12.6. The second kappa shape index (κ2) is 6.29. The van der Waals surface area contributed by atoms with E-state index >= 15 is 0 Å². The average molecular weight is 285 g/mol. The van der Waals surface area contributed by atoms with Gasteiger partial charge in [0.25, 0.3) is 0 Å². The smallest absolute Gasteiger partial charge is 0.410 e. The lowest BCUT2D eigenvalue weighted by Gasteiger charge is -2.26. The summed E-state index contributed by atoms with van der Waals surface area (Å²) in [5.41, 5.74) is -1.73. The number of rotatable bonds is 4. The van der Waals surface area contributed by atoms with Gasteiger partial charge in [0.2, 0.25) is 0 Å². The Morgan fingerprint density at radius 1 is 1.45 bits per heavy atom. The van der Waals surface area contributed by atoms with Crippen LogP contribution in [0.4, 0.5) is 4.79 Å². The molecule has 1 aliphatic heterocycles. The fraction of sp³-hybridized carbons (Fsp3) is 0.786. The number of nitrogens with zero attached hydrogens (tertiary/aromatic N) is 1. The van der Waals surface area contributed by atoms with Gasteiger partial charge in [-0.3, -0.25) is 0 Å². The minimum Gasteiger partial charge on any atom is -0.487 e. The normalized spacial score (nSPS) is 22.4. The van der Waals surface area contributed by atoms with E-state index in [-0.39, 0.29) is 18.7 Å².